The number of rotatable bonds is 5. The number of carbonyl (C=O) groups is 2. The van der Waals surface area contributed by atoms with Gasteiger partial charge in [0.15, 0.2) is 5.00 Å². The summed E-state index contributed by atoms with van der Waals surface area (Å²) in [7, 11) is -4.37. The van der Waals surface area contributed by atoms with E-state index in [1.165, 1.54) is 32.0 Å². The normalized spacial score (nSPS) is 24.8. The van der Waals surface area contributed by atoms with Gasteiger partial charge in [-0.2, -0.15) is 17.9 Å². The van der Waals surface area contributed by atoms with Crippen LogP contribution >= 0.6 is 11.5 Å². The molecule has 2 amide bonds. The van der Waals surface area contributed by atoms with Crippen LogP contribution in [-0.4, -0.2) is 58.5 Å². The van der Waals surface area contributed by atoms with Crippen molar-refractivity contribution in [1.29, 1.82) is 0 Å². The van der Waals surface area contributed by atoms with Gasteiger partial charge in [-0.05, 0) is 42.6 Å². The van der Waals surface area contributed by atoms with Crippen molar-refractivity contribution in [1.82, 2.24) is 15.0 Å². The molecule has 1 aromatic heterocycles. The SMILES string of the molecule is CC(=O)NC1CC(N=Nc2snc3ccc(S(=O)(=O)O)cc23)CC(NC(C)=O)C1O. The van der Waals surface area contributed by atoms with Crippen LogP contribution in [0.4, 0.5) is 5.00 Å². The monoisotopic (exact) mass is 455 g/mol. The van der Waals surface area contributed by atoms with E-state index in [4.69, 9.17) is 0 Å². The summed E-state index contributed by atoms with van der Waals surface area (Å²) >= 11 is 1.02. The highest BCUT2D eigenvalue weighted by Crippen LogP contribution is 2.33. The molecule has 0 spiro atoms. The molecule has 3 rings (SSSR count). The van der Waals surface area contributed by atoms with Crippen LogP contribution in [0.15, 0.2) is 33.3 Å². The quantitative estimate of drug-likeness (QED) is 0.387. The Balaban J connectivity index is 1.86. The molecule has 0 radical (unpaired) electrons. The van der Waals surface area contributed by atoms with Gasteiger partial charge in [0, 0.05) is 19.2 Å². The first-order valence-electron chi connectivity index (χ1n) is 9.04. The minimum absolute atomic E-state index is 0.274. The minimum Gasteiger partial charge on any atom is -0.389 e. The molecule has 1 aliphatic carbocycles. The Hall–Kier alpha value is -2.48. The topological polar surface area (TPSA) is 170 Å². The van der Waals surface area contributed by atoms with Gasteiger partial charge in [-0.1, -0.05) is 0 Å². The maximum atomic E-state index is 11.5. The summed E-state index contributed by atoms with van der Waals surface area (Å²) in [6.07, 6.45) is -0.341. The average Bonchev–Trinajstić information content (AvgIpc) is 3.04. The van der Waals surface area contributed by atoms with Gasteiger partial charge in [0.1, 0.15) is 0 Å². The number of fused-ring (bicyclic) bond motifs is 1. The lowest BCUT2D eigenvalue weighted by Crippen LogP contribution is -2.58. The lowest BCUT2D eigenvalue weighted by atomic mass is 9.84. The van der Waals surface area contributed by atoms with Crippen LogP contribution < -0.4 is 10.6 Å². The summed E-state index contributed by atoms with van der Waals surface area (Å²) in [4.78, 5) is 22.6. The summed E-state index contributed by atoms with van der Waals surface area (Å²) in [5.41, 5.74) is 0.507. The summed E-state index contributed by atoms with van der Waals surface area (Å²) in [6, 6.07) is 2.35. The Morgan fingerprint density at radius 2 is 1.77 bits per heavy atom. The largest absolute Gasteiger partial charge is 0.389 e. The number of aromatic nitrogens is 1. The van der Waals surface area contributed by atoms with E-state index in [9.17, 15) is 27.7 Å². The van der Waals surface area contributed by atoms with Gasteiger partial charge in [0.25, 0.3) is 10.1 Å². The molecule has 4 N–H and O–H groups in total. The maximum absolute atomic E-state index is 11.5. The molecule has 1 aromatic carbocycles. The molecule has 0 bridgehead atoms. The zero-order chi connectivity index (χ0) is 22.1. The third kappa shape index (κ3) is 5.16. The molecular formula is C17H21N5O6S2. The molecule has 13 heteroatoms. The van der Waals surface area contributed by atoms with E-state index in [2.05, 4.69) is 25.2 Å². The number of aliphatic hydroxyl groups is 1. The fraction of sp³-hybridized carbons (Fsp3) is 0.471. The smallest absolute Gasteiger partial charge is 0.294 e. The summed E-state index contributed by atoms with van der Waals surface area (Å²) in [6.45, 7) is 2.67. The number of carbonyl (C=O) groups excluding carboxylic acids is 2. The van der Waals surface area contributed by atoms with E-state index in [-0.39, 0.29) is 16.7 Å². The molecule has 0 aliphatic heterocycles. The second-order valence-electron chi connectivity index (χ2n) is 7.09. The minimum atomic E-state index is -4.37. The highest BCUT2D eigenvalue weighted by molar-refractivity contribution is 7.85. The van der Waals surface area contributed by atoms with Crippen LogP contribution in [0.3, 0.4) is 0 Å². The first-order valence-corrected chi connectivity index (χ1v) is 11.3. The van der Waals surface area contributed by atoms with Crippen LogP contribution in [-0.2, 0) is 19.7 Å². The van der Waals surface area contributed by atoms with Gasteiger partial charge in [-0.15, -0.1) is 5.11 Å². The molecule has 162 valence electrons. The maximum Gasteiger partial charge on any atom is 0.294 e. The second-order valence-corrected chi connectivity index (χ2v) is 9.26. The number of aliphatic hydroxyl groups excluding tert-OH is 1. The predicted octanol–water partition coefficient (Wildman–Crippen LogP) is 1.16. The third-order valence-electron chi connectivity index (χ3n) is 4.69. The second kappa shape index (κ2) is 8.71. The molecule has 1 saturated carbocycles. The van der Waals surface area contributed by atoms with Crippen molar-refractivity contribution >= 4 is 49.4 Å². The summed E-state index contributed by atoms with van der Waals surface area (Å²) in [5, 5.41) is 25.0. The molecule has 1 aliphatic rings. The van der Waals surface area contributed by atoms with Crippen molar-refractivity contribution in [3.8, 4) is 0 Å². The number of amides is 2. The van der Waals surface area contributed by atoms with Crippen molar-refractivity contribution in [2.75, 3.05) is 0 Å². The van der Waals surface area contributed by atoms with E-state index in [1.54, 1.807) is 0 Å². The van der Waals surface area contributed by atoms with Crippen molar-refractivity contribution in [2.24, 2.45) is 10.2 Å². The van der Waals surface area contributed by atoms with Crippen molar-refractivity contribution < 1.29 is 27.7 Å². The van der Waals surface area contributed by atoms with Crippen molar-refractivity contribution in [3.05, 3.63) is 18.2 Å². The fourth-order valence-electron chi connectivity index (χ4n) is 3.42. The summed E-state index contributed by atoms with van der Waals surface area (Å²) in [5.74, 6) is -0.631. The van der Waals surface area contributed by atoms with E-state index in [0.29, 0.717) is 28.7 Å². The van der Waals surface area contributed by atoms with Crippen LogP contribution in [0.25, 0.3) is 10.9 Å². The number of azo groups is 1. The van der Waals surface area contributed by atoms with Crippen LogP contribution in [0.2, 0.25) is 0 Å². The highest BCUT2D eigenvalue weighted by atomic mass is 32.2. The number of benzene rings is 1. The zero-order valence-electron chi connectivity index (χ0n) is 16.1. The van der Waals surface area contributed by atoms with Crippen molar-refractivity contribution in [2.45, 2.75) is 55.8 Å². The number of hydrogen-bond acceptors (Lipinski definition) is 9. The van der Waals surface area contributed by atoms with E-state index < -0.39 is 34.3 Å². The van der Waals surface area contributed by atoms with Gasteiger partial charge in [-0.3, -0.25) is 14.1 Å². The number of nitrogens with one attached hydrogen (secondary N) is 2. The lowest BCUT2D eigenvalue weighted by molar-refractivity contribution is -0.122. The molecule has 11 nitrogen and oxygen atoms in total. The van der Waals surface area contributed by atoms with Crippen LogP contribution in [0, 0.1) is 0 Å². The predicted molar refractivity (Wildman–Crippen MR) is 108 cm³/mol. The molecule has 2 atom stereocenters. The Kier molecular flexibility index (Phi) is 6.45. The van der Waals surface area contributed by atoms with Gasteiger partial charge in [-0.25, -0.2) is 0 Å². The third-order valence-corrected chi connectivity index (χ3v) is 6.30. The van der Waals surface area contributed by atoms with Gasteiger partial charge >= 0.3 is 0 Å². The molecule has 1 heterocycles. The Morgan fingerprint density at radius 3 is 2.30 bits per heavy atom. The molecule has 2 unspecified atom stereocenters. The Morgan fingerprint density at radius 1 is 1.17 bits per heavy atom. The lowest BCUT2D eigenvalue weighted by Gasteiger charge is -2.37. The zero-order valence-corrected chi connectivity index (χ0v) is 17.8. The Bertz CT molecular complexity index is 1070. The standard InChI is InChI=1S/C17H21N5O6S2/c1-8(23)18-14-5-10(6-15(16(14)25)19-9(2)24)20-21-17-12-7-11(30(26,27)28)3-4-13(12)22-29-17/h3-4,7,10,14-16,25H,5-6H2,1-2H3,(H,18,23)(H,19,24)(H,26,27,28). The molecule has 1 fully saturated rings. The van der Waals surface area contributed by atoms with E-state index in [1.807, 2.05) is 0 Å². The van der Waals surface area contributed by atoms with Gasteiger partial charge in [0.2, 0.25) is 11.8 Å². The number of nitrogens with zero attached hydrogens (tertiary/aromatic N) is 3. The van der Waals surface area contributed by atoms with Gasteiger partial charge < -0.3 is 15.7 Å². The molecule has 0 saturated heterocycles. The molecule has 2 aromatic rings. The van der Waals surface area contributed by atoms with Crippen LogP contribution in [0.1, 0.15) is 26.7 Å². The molecular weight excluding hydrogens is 434 g/mol. The summed E-state index contributed by atoms with van der Waals surface area (Å²) < 4.78 is 36.2. The van der Waals surface area contributed by atoms with E-state index in [0.717, 1.165) is 11.5 Å². The first kappa shape index (κ1) is 22.2. The first-order chi connectivity index (χ1) is 14.0. The average molecular weight is 456 g/mol. The molecule has 30 heavy (non-hydrogen) atoms. The van der Waals surface area contributed by atoms with Gasteiger partial charge in [0.05, 0.1) is 34.6 Å². The fourth-order valence-corrected chi connectivity index (χ4v) is 4.62. The van der Waals surface area contributed by atoms with Crippen LogP contribution in [0.5, 0.6) is 0 Å². The van der Waals surface area contributed by atoms with E-state index >= 15 is 0 Å². The van der Waals surface area contributed by atoms with Crippen molar-refractivity contribution in [3.63, 3.8) is 0 Å². The Labute approximate surface area is 176 Å². The highest BCUT2D eigenvalue weighted by Gasteiger charge is 2.38. The number of hydrogen-bond donors (Lipinski definition) is 4.